The normalized spacial score (nSPS) is 17.6. The van der Waals surface area contributed by atoms with Crippen LogP contribution >= 0.6 is 0 Å². The molecular weight excluding hydrogens is 1320 g/mol. The van der Waals surface area contributed by atoms with Crippen molar-refractivity contribution in [2.24, 2.45) is 35.3 Å². The summed E-state index contributed by atoms with van der Waals surface area (Å²) in [5.74, 6) is -9.48. The van der Waals surface area contributed by atoms with E-state index in [9.17, 15) is 67.4 Å². The Hall–Kier alpha value is -9.87. The van der Waals surface area contributed by atoms with Crippen LogP contribution in [-0.4, -0.2) is 193 Å². The molecule has 0 spiro atoms. The number of urea groups is 1. The molecule has 9 N–H and O–H groups in total. The second-order valence-electron chi connectivity index (χ2n) is 27.1. The molecule has 1 saturated heterocycles. The molecule has 0 bridgehead atoms. The predicted octanol–water partition coefficient (Wildman–Crippen LogP) is 4.76. The Morgan fingerprint density at radius 2 is 1.26 bits per heavy atom. The summed E-state index contributed by atoms with van der Waals surface area (Å²) in [6.07, 6.45) is 2.57. The molecule has 0 radical (unpaired) electrons. The standard InChI is InChI=1S/C73H100N12O17/c1-15-43(8)63(54(100-13)38-59(90)83-36-20-24-52(83)65(101-14)44(9)66(92)76-45(10)64(91)47-21-17-16-18-22-47)81(11)71(97)61(41(4)5)80-70(96)62(42(6)7)82(12)73(99)102-39-46-25-28-49(29-26-46)77-68(94)50(23-19-35-75-72(74)98)78-69(95)60(40(2)3)79-67(93)48-27-30-51(84-55(86)31-32-56(84)87)53(37-48)85-57(88)33-34-58(85)89/h16-18,21-22,25-34,37,40-45,50,52,54,60-65,91H,15,19-20,23-24,35-36,38-39H2,1-14H3,(H,76,92)(H,77,94)(H,78,95)(H,79,93)(H,80,96)(H3,74,75,98). The molecule has 14 amide bonds. The smallest absolute Gasteiger partial charge is 0.410 e. The van der Waals surface area contributed by atoms with Gasteiger partial charge in [-0.2, -0.15) is 0 Å². The van der Waals surface area contributed by atoms with Crippen molar-refractivity contribution in [2.75, 3.05) is 56.5 Å². The van der Waals surface area contributed by atoms with Crippen LogP contribution in [0.5, 0.6) is 0 Å². The fourth-order valence-electron chi connectivity index (χ4n) is 13.0. The first-order valence-electron chi connectivity index (χ1n) is 34.4. The van der Waals surface area contributed by atoms with E-state index >= 15 is 0 Å². The number of hydrogen-bond acceptors (Lipinski definition) is 17. The summed E-state index contributed by atoms with van der Waals surface area (Å²) in [7, 11) is 6.02. The van der Waals surface area contributed by atoms with Gasteiger partial charge in [0.05, 0.1) is 60.2 Å². The van der Waals surface area contributed by atoms with Gasteiger partial charge < -0.3 is 66.8 Å². The lowest BCUT2D eigenvalue weighted by atomic mass is 9.89. The lowest BCUT2D eigenvalue weighted by molar-refractivity contribution is -0.148. The van der Waals surface area contributed by atoms with Crippen LogP contribution < -0.4 is 47.4 Å². The van der Waals surface area contributed by atoms with Crippen LogP contribution in [0.1, 0.15) is 135 Å². The van der Waals surface area contributed by atoms with Gasteiger partial charge in [0.25, 0.3) is 29.5 Å². The van der Waals surface area contributed by atoms with Gasteiger partial charge in [0.2, 0.25) is 35.4 Å². The number of rotatable bonds is 35. The number of nitrogens with two attached hydrogens (primary N) is 1. The second-order valence-corrected chi connectivity index (χ2v) is 27.1. The highest BCUT2D eigenvalue weighted by Crippen LogP contribution is 2.36. The van der Waals surface area contributed by atoms with Crippen molar-refractivity contribution in [3.8, 4) is 0 Å². The van der Waals surface area contributed by atoms with E-state index in [0.29, 0.717) is 41.8 Å². The average molecular weight is 1420 g/mol. The number of anilines is 3. The molecule has 0 aliphatic carbocycles. The Labute approximate surface area is 595 Å². The number of imide groups is 2. The number of aliphatic hydroxyl groups is 1. The zero-order valence-corrected chi connectivity index (χ0v) is 60.6. The molecule has 6 rings (SSSR count). The van der Waals surface area contributed by atoms with Gasteiger partial charge in [-0.25, -0.2) is 19.4 Å². The van der Waals surface area contributed by atoms with E-state index < -0.39 is 150 Å². The number of likely N-dealkylation sites (N-methyl/N-ethyl adjacent to an activating group) is 2. The Morgan fingerprint density at radius 1 is 0.667 bits per heavy atom. The van der Waals surface area contributed by atoms with E-state index in [0.717, 1.165) is 40.2 Å². The van der Waals surface area contributed by atoms with Crippen LogP contribution in [0, 0.1) is 29.6 Å². The van der Waals surface area contributed by atoms with Crippen molar-refractivity contribution in [3.05, 3.63) is 114 Å². The summed E-state index contributed by atoms with van der Waals surface area (Å²) in [6, 6.07) is 11.5. The Balaban J connectivity index is 1.07. The highest BCUT2D eigenvalue weighted by atomic mass is 16.6. The molecule has 554 valence electrons. The third-order valence-electron chi connectivity index (χ3n) is 18.8. The summed E-state index contributed by atoms with van der Waals surface area (Å²) >= 11 is 0. The Bertz CT molecular complexity index is 3570. The zero-order chi connectivity index (χ0) is 75.6. The molecule has 12 atom stereocenters. The Morgan fingerprint density at radius 3 is 1.81 bits per heavy atom. The van der Waals surface area contributed by atoms with Gasteiger partial charge in [0, 0.05) is 77.0 Å². The third-order valence-corrected chi connectivity index (χ3v) is 18.8. The summed E-state index contributed by atoms with van der Waals surface area (Å²) in [6.45, 7) is 17.9. The lowest BCUT2D eigenvalue weighted by Gasteiger charge is -2.41. The van der Waals surface area contributed by atoms with E-state index in [1.807, 2.05) is 32.0 Å². The van der Waals surface area contributed by atoms with Gasteiger partial charge in [0.15, 0.2) is 0 Å². The van der Waals surface area contributed by atoms with Gasteiger partial charge in [-0.3, -0.25) is 57.6 Å². The molecule has 12 unspecified atom stereocenters. The number of hydrogen-bond donors (Lipinski definition) is 8. The molecule has 29 heteroatoms. The average Bonchev–Trinajstić information content (AvgIpc) is 1.54. The molecule has 0 saturated carbocycles. The first kappa shape index (κ1) is 81.1. The molecule has 0 aromatic heterocycles. The van der Waals surface area contributed by atoms with Crippen LogP contribution in [0.25, 0.3) is 0 Å². The maximum atomic E-state index is 14.9. The fourth-order valence-corrected chi connectivity index (χ4v) is 13.0. The number of carbonyl (C=O) groups is 13. The van der Waals surface area contributed by atoms with E-state index in [1.54, 1.807) is 91.6 Å². The highest BCUT2D eigenvalue weighted by molar-refractivity contribution is 6.33. The number of amides is 14. The van der Waals surface area contributed by atoms with Gasteiger partial charge in [-0.1, -0.05) is 111 Å². The fraction of sp³-hybridized carbons (Fsp3) is 0.521. The van der Waals surface area contributed by atoms with E-state index in [1.165, 1.54) is 50.4 Å². The highest BCUT2D eigenvalue weighted by Gasteiger charge is 2.45. The largest absolute Gasteiger partial charge is 0.445 e. The minimum absolute atomic E-state index is 0.0250. The number of carbonyl (C=O) groups excluding carboxylic acids is 13. The first-order chi connectivity index (χ1) is 48.3. The number of aliphatic hydroxyl groups excluding tert-OH is 1. The number of benzene rings is 3. The number of ether oxygens (including phenoxy) is 3. The van der Waals surface area contributed by atoms with Crippen molar-refractivity contribution >= 4 is 94.2 Å². The van der Waals surface area contributed by atoms with Crippen LogP contribution in [0.15, 0.2) is 97.1 Å². The van der Waals surface area contributed by atoms with E-state index in [4.69, 9.17) is 19.9 Å². The van der Waals surface area contributed by atoms with Gasteiger partial charge >= 0.3 is 12.1 Å². The quantitative estimate of drug-likeness (QED) is 0.0290. The molecular formula is C73H100N12O17. The minimum atomic E-state index is -1.29. The minimum Gasteiger partial charge on any atom is -0.445 e. The first-order valence-corrected chi connectivity index (χ1v) is 34.4. The topological polar surface area (TPSA) is 384 Å². The summed E-state index contributed by atoms with van der Waals surface area (Å²) in [5.41, 5.74) is 6.11. The predicted molar refractivity (Wildman–Crippen MR) is 378 cm³/mol. The van der Waals surface area contributed by atoms with Gasteiger partial charge in [-0.05, 0) is 97.7 Å². The van der Waals surface area contributed by atoms with Crippen LogP contribution in [0.3, 0.4) is 0 Å². The number of primary amides is 1. The van der Waals surface area contributed by atoms with Crippen LogP contribution in [0.4, 0.5) is 26.7 Å². The van der Waals surface area contributed by atoms with Crippen molar-refractivity contribution < 1.29 is 81.6 Å². The molecule has 3 aromatic rings. The van der Waals surface area contributed by atoms with Gasteiger partial charge in [0.1, 0.15) is 30.8 Å². The monoisotopic (exact) mass is 1420 g/mol. The number of likely N-dealkylation sites (tertiary alicyclic amines) is 1. The van der Waals surface area contributed by atoms with Crippen LogP contribution in [0.2, 0.25) is 0 Å². The molecule has 29 nitrogen and oxygen atoms in total. The van der Waals surface area contributed by atoms with Crippen molar-refractivity contribution in [1.82, 2.24) is 41.3 Å². The van der Waals surface area contributed by atoms with Crippen LogP contribution in [-0.2, 0) is 68.8 Å². The second kappa shape index (κ2) is 37.2. The molecule has 1 fully saturated rings. The van der Waals surface area contributed by atoms with Gasteiger partial charge in [-0.15, -0.1) is 0 Å². The molecule has 3 aliphatic heterocycles. The summed E-state index contributed by atoms with van der Waals surface area (Å²) in [5, 5.41) is 27.4. The number of nitrogens with one attached hydrogen (secondary N) is 6. The number of nitrogens with zero attached hydrogens (tertiary/aromatic N) is 5. The lowest BCUT2D eigenvalue weighted by Crippen LogP contribution is -2.60. The molecule has 102 heavy (non-hydrogen) atoms. The SMILES string of the molecule is CCC(C)C(C(CC(=O)N1CCCC1C(OC)C(C)C(=O)NC(C)C(O)c1ccccc1)OC)N(C)C(=O)C(NC(=O)C(C(C)C)N(C)C(=O)OCc1ccc(NC(=O)C(CCCNC(N)=O)NC(=O)C(NC(=O)c2ccc(N3C(=O)C=CC3=O)c(N3C(=O)C=CC3=O)c2)C(C)C)cc1)C(C)C. The Kier molecular flexibility index (Phi) is 29.6. The van der Waals surface area contributed by atoms with Crippen molar-refractivity contribution in [2.45, 2.75) is 175 Å². The summed E-state index contributed by atoms with van der Waals surface area (Å²) in [4.78, 5) is 182. The van der Waals surface area contributed by atoms with Crippen molar-refractivity contribution in [3.63, 3.8) is 0 Å². The number of methoxy groups -OCH3 is 2. The maximum Gasteiger partial charge on any atom is 0.410 e. The van der Waals surface area contributed by atoms with E-state index in [2.05, 4.69) is 31.9 Å². The molecule has 3 aromatic carbocycles. The summed E-state index contributed by atoms with van der Waals surface area (Å²) < 4.78 is 17.8. The third kappa shape index (κ3) is 20.4. The zero-order valence-electron chi connectivity index (χ0n) is 60.6. The van der Waals surface area contributed by atoms with Crippen molar-refractivity contribution in [1.29, 1.82) is 0 Å². The van der Waals surface area contributed by atoms with E-state index in [-0.39, 0.29) is 72.8 Å². The molecule has 3 heterocycles. The maximum absolute atomic E-state index is 14.9. The molecule has 3 aliphatic rings.